The molecule has 118 valence electrons. The smallest absolute Gasteiger partial charge is 0.341 e. The molecule has 0 bridgehead atoms. The summed E-state index contributed by atoms with van der Waals surface area (Å²) < 4.78 is 15.8. The summed E-state index contributed by atoms with van der Waals surface area (Å²) in [5.74, 6) is 1.72. The Morgan fingerprint density at radius 3 is 2.95 bits per heavy atom. The van der Waals surface area contributed by atoms with Crippen molar-refractivity contribution >= 4 is 17.7 Å². The van der Waals surface area contributed by atoms with Crippen molar-refractivity contribution in [1.82, 2.24) is 10.2 Å². The van der Waals surface area contributed by atoms with Gasteiger partial charge >= 0.3 is 5.97 Å². The summed E-state index contributed by atoms with van der Waals surface area (Å²) in [6, 6.07) is 1.60. The molecule has 0 saturated heterocycles. The van der Waals surface area contributed by atoms with Crippen LogP contribution in [-0.4, -0.2) is 23.3 Å². The molecule has 1 fully saturated rings. The summed E-state index contributed by atoms with van der Waals surface area (Å²) in [6.07, 6.45) is 7.47. The first-order valence-electron chi connectivity index (χ1n) is 7.39. The first kappa shape index (κ1) is 15.1. The van der Waals surface area contributed by atoms with Gasteiger partial charge in [0.2, 0.25) is 5.89 Å². The topological polar surface area (TPSA) is 78.4 Å². The normalized spacial score (nSPS) is 15.9. The molecule has 3 rings (SSSR count). The number of methoxy groups -OCH3 is 1. The zero-order valence-corrected chi connectivity index (χ0v) is 13.2. The average molecular weight is 322 g/mol. The molecule has 0 N–H and O–H groups in total. The van der Waals surface area contributed by atoms with E-state index < -0.39 is 5.97 Å². The number of hydrogen-bond acceptors (Lipinski definition) is 7. The van der Waals surface area contributed by atoms with Crippen molar-refractivity contribution in [1.29, 1.82) is 0 Å². The lowest BCUT2D eigenvalue weighted by Crippen LogP contribution is -2.04. The van der Waals surface area contributed by atoms with Crippen LogP contribution in [0.5, 0.6) is 0 Å². The molecule has 6 nitrogen and oxygen atoms in total. The summed E-state index contributed by atoms with van der Waals surface area (Å²) >= 11 is 1.36. The maximum absolute atomic E-state index is 11.6. The second-order valence-electron chi connectivity index (χ2n) is 5.28. The second-order valence-corrected chi connectivity index (χ2v) is 6.21. The molecule has 1 aliphatic carbocycles. The molecule has 0 aliphatic heterocycles. The van der Waals surface area contributed by atoms with Gasteiger partial charge in [-0.25, -0.2) is 4.79 Å². The third-order valence-corrected chi connectivity index (χ3v) is 4.67. The first-order valence-corrected chi connectivity index (χ1v) is 8.37. The van der Waals surface area contributed by atoms with E-state index in [9.17, 15) is 4.79 Å². The number of furan rings is 1. The van der Waals surface area contributed by atoms with Crippen LogP contribution in [0.3, 0.4) is 0 Å². The standard InChI is InChI=1S/C15H18N2O4S/c1-19-14(18)11-7-8-20-12(11)9-22-15-17-16-13(21-15)10-5-3-2-4-6-10/h7-8,10H,2-6,9H2,1H3. The van der Waals surface area contributed by atoms with Crippen molar-refractivity contribution in [2.45, 2.75) is 49.0 Å². The van der Waals surface area contributed by atoms with Crippen LogP contribution in [0.15, 0.2) is 26.4 Å². The fourth-order valence-electron chi connectivity index (χ4n) is 2.66. The van der Waals surface area contributed by atoms with Crippen LogP contribution in [0.2, 0.25) is 0 Å². The Morgan fingerprint density at radius 2 is 2.18 bits per heavy atom. The second kappa shape index (κ2) is 7.00. The van der Waals surface area contributed by atoms with Crippen LogP contribution in [-0.2, 0) is 10.5 Å². The van der Waals surface area contributed by atoms with E-state index in [0.717, 1.165) is 18.7 Å². The average Bonchev–Trinajstić information content (AvgIpc) is 3.22. The molecular weight excluding hydrogens is 304 g/mol. The van der Waals surface area contributed by atoms with Gasteiger partial charge in [-0.05, 0) is 18.9 Å². The zero-order valence-electron chi connectivity index (χ0n) is 12.4. The van der Waals surface area contributed by atoms with Crippen molar-refractivity contribution in [3.05, 3.63) is 29.5 Å². The molecule has 0 spiro atoms. The van der Waals surface area contributed by atoms with E-state index in [4.69, 9.17) is 13.6 Å². The van der Waals surface area contributed by atoms with Gasteiger partial charge in [-0.15, -0.1) is 10.2 Å². The maximum Gasteiger partial charge on any atom is 0.341 e. The van der Waals surface area contributed by atoms with E-state index in [0.29, 0.717) is 28.2 Å². The highest BCUT2D eigenvalue weighted by Gasteiger charge is 2.22. The molecule has 0 aromatic carbocycles. The summed E-state index contributed by atoms with van der Waals surface area (Å²) in [4.78, 5) is 11.6. The van der Waals surface area contributed by atoms with Gasteiger partial charge in [-0.1, -0.05) is 31.0 Å². The Balaban J connectivity index is 1.61. The van der Waals surface area contributed by atoms with Crippen LogP contribution in [0.25, 0.3) is 0 Å². The predicted molar refractivity (Wildman–Crippen MR) is 79.7 cm³/mol. The Hall–Kier alpha value is -1.76. The van der Waals surface area contributed by atoms with Crippen LogP contribution >= 0.6 is 11.8 Å². The van der Waals surface area contributed by atoms with Gasteiger partial charge in [0, 0.05) is 5.92 Å². The summed E-state index contributed by atoms with van der Waals surface area (Å²) in [5, 5.41) is 8.73. The Labute approximate surface area is 132 Å². The quantitative estimate of drug-likeness (QED) is 0.612. The lowest BCUT2D eigenvalue weighted by molar-refractivity contribution is 0.0598. The summed E-state index contributed by atoms with van der Waals surface area (Å²) in [7, 11) is 1.35. The van der Waals surface area contributed by atoms with Gasteiger partial charge in [0.1, 0.15) is 11.3 Å². The molecule has 0 unspecified atom stereocenters. The van der Waals surface area contributed by atoms with Gasteiger partial charge in [0.05, 0.1) is 19.1 Å². The predicted octanol–water partition coefficient (Wildman–Crippen LogP) is 3.79. The monoisotopic (exact) mass is 322 g/mol. The lowest BCUT2D eigenvalue weighted by Gasteiger charge is -2.17. The van der Waals surface area contributed by atoms with Crippen LogP contribution in [0.1, 0.15) is 60.0 Å². The molecule has 0 radical (unpaired) electrons. The minimum absolute atomic E-state index is 0.393. The van der Waals surface area contributed by atoms with Crippen LogP contribution in [0.4, 0.5) is 0 Å². The Kier molecular flexibility index (Phi) is 4.82. The number of carbonyl (C=O) groups is 1. The van der Waals surface area contributed by atoms with Crippen molar-refractivity contribution < 1.29 is 18.4 Å². The molecule has 1 saturated carbocycles. The highest BCUT2D eigenvalue weighted by Crippen LogP contribution is 2.33. The van der Waals surface area contributed by atoms with Crippen LogP contribution in [0, 0.1) is 0 Å². The van der Waals surface area contributed by atoms with Crippen LogP contribution < -0.4 is 0 Å². The van der Waals surface area contributed by atoms with E-state index in [1.807, 2.05) is 0 Å². The molecule has 7 heteroatoms. The van der Waals surface area contributed by atoms with E-state index in [1.165, 1.54) is 44.4 Å². The van der Waals surface area contributed by atoms with Gasteiger partial charge in [0.15, 0.2) is 0 Å². The minimum atomic E-state index is -0.405. The maximum atomic E-state index is 11.6. The summed E-state index contributed by atoms with van der Waals surface area (Å²) in [5.41, 5.74) is 0.432. The molecule has 2 aromatic rings. The number of thioether (sulfide) groups is 1. The van der Waals surface area contributed by atoms with Crippen molar-refractivity contribution in [3.63, 3.8) is 0 Å². The van der Waals surface area contributed by atoms with E-state index in [2.05, 4.69) is 10.2 Å². The Bertz CT molecular complexity index is 631. The molecule has 22 heavy (non-hydrogen) atoms. The van der Waals surface area contributed by atoms with Gasteiger partial charge in [-0.2, -0.15) is 0 Å². The highest BCUT2D eigenvalue weighted by molar-refractivity contribution is 7.98. The number of nitrogens with zero attached hydrogens (tertiary/aromatic N) is 2. The van der Waals surface area contributed by atoms with Gasteiger partial charge in [0.25, 0.3) is 5.22 Å². The number of hydrogen-bond donors (Lipinski definition) is 0. The lowest BCUT2D eigenvalue weighted by atomic mass is 9.89. The third-order valence-electron chi connectivity index (χ3n) is 3.85. The van der Waals surface area contributed by atoms with E-state index >= 15 is 0 Å². The van der Waals surface area contributed by atoms with E-state index in [1.54, 1.807) is 6.07 Å². The molecular formula is C15H18N2O4S. The van der Waals surface area contributed by atoms with Crippen molar-refractivity contribution in [2.75, 3.05) is 7.11 Å². The highest BCUT2D eigenvalue weighted by atomic mass is 32.2. The number of esters is 1. The van der Waals surface area contributed by atoms with Gasteiger partial charge < -0.3 is 13.6 Å². The van der Waals surface area contributed by atoms with Crippen molar-refractivity contribution in [2.24, 2.45) is 0 Å². The van der Waals surface area contributed by atoms with Crippen molar-refractivity contribution in [3.8, 4) is 0 Å². The fraction of sp³-hybridized carbons (Fsp3) is 0.533. The minimum Gasteiger partial charge on any atom is -0.468 e. The molecule has 0 amide bonds. The summed E-state index contributed by atoms with van der Waals surface area (Å²) in [6.45, 7) is 0. The zero-order chi connectivity index (χ0) is 15.4. The molecule has 1 aliphatic rings. The number of rotatable bonds is 5. The van der Waals surface area contributed by atoms with Gasteiger partial charge in [-0.3, -0.25) is 0 Å². The molecule has 0 atom stereocenters. The largest absolute Gasteiger partial charge is 0.468 e. The molecule has 2 aromatic heterocycles. The number of aromatic nitrogens is 2. The Morgan fingerprint density at radius 1 is 1.36 bits per heavy atom. The third kappa shape index (κ3) is 3.35. The van der Waals surface area contributed by atoms with E-state index in [-0.39, 0.29) is 0 Å². The molecule has 2 heterocycles. The number of ether oxygens (including phenoxy) is 1. The fourth-order valence-corrected chi connectivity index (χ4v) is 3.39. The number of carbonyl (C=O) groups excluding carboxylic acids is 1. The first-order chi connectivity index (χ1) is 10.8. The SMILES string of the molecule is COC(=O)c1ccoc1CSc1nnc(C2CCCCC2)o1.